The van der Waals surface area contributed by atoms with Crippen LogP contribution in [-0.2, 0) is 11.3 Å². The van der Waals surface area contributed by atoms with Gasteiger partial charge in [-0.3, -0.25) is 4.79 Å². The Bertz CT molecular complexity index is 766. The van der Waals surface area contributed by atoms with Crippen LogP contribution in [0.1, 0.15) is 5.56 Å². The molecule has 0 spiro atoms. The number of carbonyl (C=O) groups excluding carboxylic acids is 1. The van der Waals surface area contributed by atoms with Gasteiger partial charge in [-0.05, 0) is 29.8 Å². The van der Waals surface area contributed by atoms with E-state index in [9.17, 15) is 4.79 Å². The maximum absolute atomic E-state index is 12.2. The summed E-state index contributed by atoms with van der Waals surface area (Å²) in [6.45, 7) is 0.588. The molecule has 126 valence electrons. The molecule has 7 heteroatoms. The van der Waals surface area contributed by atoms with Crippen LogP contribution in [0.5, 0.6) is 17.2 Å². The van der Waals surface area contributed by atoms with Crippen molar-refractivity contribution in [3.63, 3.8) is 0 Å². The highest BCUT2D eigenvalue weighted by atomic mass is 35.5. The molecule has 0 atom stereocenters. The van der Waals surface area contributed by atoms with E-state index in [4.69, 9.17) is 37.4 Å². The van der Waals surface area contributed by atoms with E-state index in [1.807, 2.05) is 18.2 Å². The predicted octanol–water partition coefficient (Wildman–Crippen LogP) is 3.76. The topological polar surface area (TPSA) is 48.0 Å². The number of nitrogens with zero attached hydrogens (tertiary/aromatic N) is 1. The Hall–Kier alpha value is -2.11. The first kappa shape index (κ1) is 16.7. The van der Waals surface area contributed by atoms with E-state index in [2.05, 4.69) is 0 Å². The van der Waals surface area contributed by atoms with Crippen LogP contribution < -0.4 is 14.2 Å². The SMILES string of the molecule is CN(Cc1ccc2c(c1)OCO2)C(=O)COc1ccc(Cl)c(Cl)c1. The van der Waals surface area contributed by atoms with Crippen LogP contribution in [0.25, 0.3) is 0 Å². The van der Waals surface area contributed by atoms with Gasteiger partial charge < -0.3 is 19.1 Å². The second-order valence-electron chi connectivity index (χ2n) is 5.30. The first-order valence-electron chi connectivity index (χ1n) is 7.23. The van der Waals surface area contributed by atoms with Gasteiger partial charge in [0.05, 0.1) is 10.0 Å². The van der Waals surface area contributed by atoms with E-state index in [1.165, 1.54) is 0 Å². The molecule has 5 nitrogen and oxygen atoms in total. The molecule has 24 heavy (non-hydrogen) atoms. The van der Waals surface area contributed by atoms with Crippen molar-refractivity contribution < 1.29 is 19.0 Å². The smallest absolute Gasteiger partial charge is 0.260 e. The van der Waals surface area contributed by atoms with Crippen LogP contribution in [0.15, 0.2) is 36.4 Å². The van der Waals surface area contributed by atoms with E-state index < -0.39 is 0 Å². The zero-order valence-electron chi connectivity index (χ0n) is 12.9. The first-order valence-corrected chi connectivity index (χ1v) is 7.99. The Labute approximate surface area is 149 Å². The Balaban J connectivity index is 1.55. The molecule has 0 saturated carbocycles. The molecule has 0 radical (unpaired) electrons. The fourth-order valence-corrected chi connectivity index (χ4v) is 2.51. The van der Waals surface area contributed by atoms with Crippen LogP contribution >= 0.6 is 23.2 Å². The van der Waals surface area contributed by atoms with Gasteiger partial charge in [0.15, 0.2) is 18.1 Å². The zero-order chi connectivity index (χ0) is 17.1. The fourth-order valence-electron chi connectivity index (χ4n) is 2.22. The van der Waals surface area contributed by atoms with Crippen molar-refractivity contribution in [1.29, 1.82) is 0 Å². The van der Waals surface area contributed by atoms with E-state index >= 15 is 0 Å². The molecule has 2 aromatic rings. The maximum Gasteiger partial charge on any atom is 0.260 e. The van der Waals surface area contributed by atoms with E-state index in [1.54, 1.807) is 30.1 Å². The highest BCUT2D eigenvalue weighted by Gasteiger charge is 2.16. The van der Waals surface area contributed by atoms with E-state index in [0.29, 0.717) is 28.1 Å². The molecule has 1 amide bonds. The maximum atomic E-state index is 12.2. The summed E-state index contributed by atoms with van der Waals surface area (Å²) in [7, 11) is 1.71. The average molecular weight is 368 g/mol. The molecule has 0 aliphatic carbocycles. The standard InChI is InChI=1S/C17H15Cl2NO4/c1-20(8-11-2-5-15-16(6-11)24-10-23-15)17(21)9-22-12-3-4-13(18)14(19)7-12/h2-7H,8-10H2,1H3. The quantitative estimate of drug-likeness (QED) is 0.807. The molecule has 2 aromatic carbocycles. The number of halogens is 2. The fraction of sp³-hybridized carbons (Fsp3) is 0.235. The summed E-state index contributed by atoms with van der Waals surface area (Å²) in [5.41, 5.74) is 0.949. The highest BCUT2D eigenvalue weighted by Crippen LogP contribution is 2.32. The number of hydrogen-bond acceptors (Lipinski definition) is 4. The summed E-state index contributed by atoms with van der Waals surface area (Å²) in [4.78, 5) is 13.8. The lowest BCUT2D eigenvalue weighted by atomic mass is 10.2. The summed E-state index contributed by atoms with van der Waals surface area (Å²) in [5, 5.41) is 0.825. The number of likely N-dealkylation sites (N-methyl/N-ethyl adjacent to an activating group) is 1. The third-order valence-corrected chi connectivity index (χ3v) is 4.27. The van der Waals surface area contributed by atoms with Crippen LogP contribution in [0.2, 0.25) is 10.0 Å². The number of benzene rings is 2. The minimum atomic E-state index is -0.154. The summed E-state index contributed by atoms with van der Waals surface area (Å²) < 4.78 is 16.1. The van der Waals surface area contributed by atoms with Crippen molar-refractivity contribution in [1.82, 2.24) is 4.90 Å². The number of rotatable bonds is 5. The second-order valence-corrected chi connectivity index (χ2v) is 6.12. The minimum Gasteiger partial charge on any atom is -0.484 e. The monoisotopic (exact) mass is 367 g/mol. The Morgan fingerprint density at radius 1 is 1.12 bits per heavy atom. The van der Waals surface area contributed by atoms with Gasteiger partial charge in [-0.25, -0.2) is 0 Å². The summed E-state index contributed by atoms with van der Waals surface area (Å²) >= 11 is 11.8. The van der Waals surface area contributed by atoms with Gasteiger partial charge in [0.1, 0.15) is 5.75 Å². The van der Waals surface area contributed by atoms with Crippen LogP contribution in [0.4, 0.5) is 0 Å². The third kappa shape index (κ3) is 3.86. The molecule has 1 aliphatic rings. The summed E-state index contributed by atoms with van der Waals surface area (Å²) in [5.74, 6) is 1.75. The third-order valence-electron chi connectivity index (χ3n) is 3.54. The predicted molar refractivity (Wildman–Crippen MR) is 91.0 cm³/mol. The number of fused-ring (bicyclic) bond motifs is 1. The minimum absolute atomic E-state index is 0.0843. The molecule has 0 N–H and O–H groups in total. The van der Waals surface area contributed by atoms with Crippen molar-refractivity contribution in [3.8, 4) is 17.2 Å². The van der Waals surface area contributed by atoms with Gasteiger partial charge in [0, 0.05) is 19.7 Å². The summed E-state index contributed by atoms with van der Waals surface area (Å²) in [6.07, 6.45) is 0. The molecule has 0 fully saturated rings. The van der Waals surface area contributed by atoms with Gasteiger partial charge in [-0.2, -0.15) is 0 Å². The van der Waals surface area contributed by atoms with Gasteiger partial charge >= 0.3 is 0 Å². The van der Waals surface area contributed by atoms with Crippen molar-refractivity contribution in [3.05, 3.63) is 52.0 Å². The first-order chi connectivity index (χ1) is 11.5. The number of carbonyl (C=O) groups is 1. The Kier molecular flexibility index (Phi) is 5.02. The second kappa shape index (κ2) is 7.20. The number of amides is 1. The highest BCUT2D eigenvalue weighted by molar-refractivity contribution is 6.42. The van der Waals surface area contributed by atoms with E-state index in [-0.39, 0.29) is 19.3 Å². The van der Waals surface area contributed by atoms with Crippen LogP contribution in [-0.4, -0.2) is 31.3 Å². The lowest BCUT2D eigenvalue weighted by molar-refractivity contribution is -0.132. The normalized spacial score (nSPS) is 12.1. The van der Waals surface area contributed by atoms with Crippen LogP contribution in [0.3, 0.4) is 0 Å². The van der Waals surface area contributed by atoms with Crippen molar-refractivity contribution in [2.24, 2.45) is 0 Å². The Morgan fingerprint density at radius 3 is 2.71 bits per heavy atom. The van der Waals surface area contributed by atoms with Crippen molar-refractivity contribution in [2.45, 2.75) is 6.54 Å². The molecule has 1 heterocycles. The van der Waals surface area contributed by atoms with Crippen LogP contribution in [0, 0.1) is 0 Å². The van der Waals surface area contributed by atoms with Crippen molar-refractivity contribution in [2.75, 3.05) is 20.4 Å². The lowest BCUT2D eigenvalue weighted by Crippen LogP contribution is -2.30. The lowest BCUT2D eigenvalue weighted by Gasteiger charge is -2.18. The van der Waals surface area contributed by atoms with E-state index in [0.717, 1.165) is 11.3 Å². The number of ether oxygens (including phenoxy) is 3. The largest absolute Gasteiger partial charge is 0.484 e. The van der Waals surface area contributed by atoms with Gasteiger partial charge in [0.25, 0.3) is 5.91 Å². The molecule has 0 aromatic heterocycles. The number of hydrogen-bond donors (Lipinski definition) is 0. The average Bonchev–Trinajstić information content (AvgIpc) is 3.03. The van der Waals surface area contributed by atoms with Gasteiger partial charge in [0.2, 0.25) is 6.79 Å². The molecule has 0 bridgehead atoms. The molecule has 0 saturated heterocycles. The van der Waals surface area contributed by atoms with Gasteiger partial charge in [-0.1, -0.05) is 29.3 Å². The molecule has 0 unspecified atom stereocenters. The summed E-state index contributed by atoms with van der Waals surface area (Å²) in [6, 6.07) is 10.5. The zero-order valence-corrected chi connectivity index (χ0v) is 14.4. The molecule has 1 aliphatic heterocycles. The molecule has 3 rings (SSSR count). The molecular formula is C17H15Cl2NO4. The van der Waals surface area contributed by atoms with Crippen molar-refractivity contribution >= 4 is 29.1 Å². The Morgan fingerprint density at radius 2 is 1.92 bits per heavy atom. The van der Waals surface area contributed by atoms with Gasteiger partial charge in [-0.15, -0.1) is 0 Å². The molecular weight excluding hydrogens is 353 g/mol.